The third-order valence-electron chi connectivity index (χ3n) is 14.2. The number of hydrogen-bond acceptors (Lipinski definition) is 4. The third-order valence-corrected chi connectivity index (χ3v) is 18.4. The standard InChI is InChI=1S/2C28H18N2S2/c1-29-23-11-19-13-25-15(3-5-31-25)7-17(19)9-21(23)28-27(29)22-10-18-8-16-4-6-32-26(16)14-20(18)12-24(22)30(28)2;1-29-5-3-15-7-17-9-21-25(13-19(17)11-23(15)29)31-28-22-10-18-8-16-4-6-30(2)24(16)12-20(18)14-26(22)32-27(21)28/h2*3-14H,1-2H3. The van der Waals surface area contributed by atoms with E-state index in [0.29, 0.717) is 0 Å². The van der Waals surface area contributed by atoms with E-state index in [2.05, 4.69) is 191 Å². The average Bonchev–Trinajstić information content (AvgIpc) is 4.19. The van der Waals surface area contributed by atoms with Gasteiger partial charge in [-0.1, -0.05) is 0 Å². The number of aromatic nitrogens is 4. The first kappa shape index (κ1) is 35.7. The lowest BCUT2D eigenvalue weighted by molar-refractivity contribution is 0.970. The Morgan fingerprint density at radius 3 is 1.11 bits per heavy atom. The zero-order chi connectivity index (χ0) is 42.3. The largest absolute Gasteiger partial charge is 0.351 e. The zero-order valence-corrected chi connectivity index (χ0v) is 38.5. The first-order valence-corrected chi connectivity index (χ1v) is 25.0. The van der Waals surface area contributed by atoms with E-state index in [9.17, 15) is 0 Å². The van der Waals surface area contributed by atoms with Gasteiger partial charge in [-0.15, -0.1) is 45.3 Å². The Labute approximate surface area is 381 Å². The molecule has 0 N–H and O–H groups in total. The van der Waals surface area contributed by atoms with Gasteiger partial charge in [0.05, 0.1) is 31.5 Å². The van der Waals surface area contributed by atoms with Gasteiger partial charge >= 0.3 is 0 Å². The van der Waals surface area contributed by atoms with E-state index in [0.717, 1.165) is 0 Å². The predicted octanol–water partition coefficient (Wildman–Crippen LogP) is 17.1. The van der Waals surface area contributed by atoms with Gasteiger partial charge in [-0.05, 0) is 186 Å². The minimum absolute atomic E-state index is 1.29. The summed E-state index contributed by atoms with van der Waals surface area (Å²) in [5.74, 6) is 0. The van der Waals surface area contributed by atoms with Gasteiger partial charge in [-0.25, -0.2) is 0 Å². The molecule has 304 valence electrons. The Balaban J connectivity index is 0.000000119. The molecule has 0 atom stereocenters. The van der Waals surface area contributed by atoms with E-state index in [4.69, 9.17) is 0 Å². The normalized spacial score (nSPS) is 12.7. The molecule has 8 aromatic carbocycles. The Hall–Kier alpha value is -6.68. The van der Waals surface area contributed by atoms with Crippen LogP contribution in [0.1, 0.15) is 0 Å². The average molecular weight is 893 g/mol. The molecule has 8 heteroatoms. The van der Waals surface area contributed by atoms with Crippen LogP contribution in [0, 0.1) is 0 Å². The van der Waals surface area contributed by atoms with Gasteiger partial charge in [-0.3, -0.25) is 0 Å². The fourth-order valence-electron chi connectivity index (χ4n) is 10.9. The Bertz CT molecular complexity index is 4420. The van der Waals surface area contributed by atoms with Crippen molar-refractivity contribution >= 4 is 193 Å². The number of hydrogen-bond donors (Lipinski definition) is 0. The van der Waals surface area contributed by atoms with Crippen LogP contribution in [0.4, 0.5) is 0 Å². The van der Waals surface area contributed by atoms with Crippen LogP contribution in [0.2, 0.25) is 0 Å². The van der Waals surface area contributed by atoms with Crippen molar-refractivity contribution in [1.82, 2.24) is 18.3 Å². The highest BCUT2D eigenvalue weighted by atomic mass is 32.1. The molecule has 0 radical (unpaired) electrons. The SMILES string of the molecule is Cn1c2cc3cc4sccc4cc3cc2c2c1c1cc3cc4ccsc4cc3cc1n2C.Cn1ccc2cc3cc4c(cc3cc21)sc1c2cc3cc5ccn(C)c5cc3cc2sc41. The van der Waals surface area contributed by atoms with Crippen LogP contribution in [-0.2, 0) is 28.2 Å². The molecule has 0 saturated heterocycles. The maximum atomic E-state index is 2.40. The molecular weight excluding hydrogens is 857 g/mol. The second-order valence-electron chi connectivity index (χ2n) is 17.8. The van der Waals surface area contributed by atoms with Crippen LogP contribution in [0.25, 0.3) is 147 Å². The molecule has 0 aliphatic rings. The summed E-state index contributed by atoms with van der Waals surface area (Å²) in [5.41, 5.74) is 7.82. The highest BCUT2D eigenvalue weighted by Gasteiger charge is 2.20. The van der Waals surface area contributed by atoms with Crippen LogP contribution in [0.15, 0.2) is 144 Å². The molecule has 0 aliphatic carbocycles. The topological polar surface area (TPSA) is 19.7 Å². The number of rotatable bonds is 0. The summed E-state index contributed by atoms with van der Waals surface area (Å²) in [6, 6.07) is 46.6. The van der Waals surface area contributed by atoms with Crippen molar-refractivity contribution < 1.29 is 0 Å². The van der Waals surface area contributed by atoms with E-state index in [1.165, 1.54) is 147 Å². The molecule has 0 bridgehead atoms. The summed E-state index contributed by atoms with van der Waals surface area (Å²) in [5, 5.41) is 25.6. The lowest BCUT2D eigenvalue weighted by Gasteiger charge is -2.06. The number of fused-ring (bicyclic) bond motifs is 18. The maximum Gasteiger partial charge on any atom is 0.0751 e. The molecule has 16 aromatic rings. The number of thiophene rings is 4. The van der Waals surface area contributed by atoms with Crippen LogP contribution in [0.5, 0.6) is 0 Å². The summed E-state index contributed by atoms with van der Waals surface area (Å²) in [7, 11) is 8.67. The smallest absolute Gasteiger partial charge is 0.0751 e. The van der Waals surface area contributed by atoms with Gasteiger partial charge in [0.1, 0.15) is 0 Å². The number of benzene rings is 8. The summed E-state index contributed by atoms with van der Waals surface area (Å²) in [6.45, 7) is 0. The van der Waals surface area contributed by atoms with E-state index >= 15 is 0 Å². The molecular formula is C56H36N4S4. The third kappa shape index (κ3) is 4.86. The molecule has 0 unspecified atom stereocenters. The molecule has 0 fully saturated rings. The Kier molecular flexibility index (Phi) is 6.99. The lowest BCUT2D eigenvalue weighted by atomic mass is 10.1. The molecule has 64 heavy (non-hydrogen) atoms. The first-order valence-electron chi connectivity index (χ1n) is 21.6. The fourth-order valence-corrected chi connectivity index (χ4v) is 15.2. The molecule has 0 amide bonds. The van der Waals surface area contributed by atoms with Crippen LogP contribution < -0.4 is 0 Å². The van der Waals surface area contributed by atoms with Crippen molar-refractivity contribution in [3.8, 4) is 0 Å². The van der Waals surface area contributed by atoms with Crippen molar-refractivity contribution in [3.05, 3.63) is 144 Å². The second-order valence-corrected chi connectivity index (χ2v) is 21.8. The van der Waals surface area contributed by atoms with Gasteiger partial charge in [0.2, 0.25) is 0 Å². The Morgan fingerprint density at radius 1 is 0.312 bits per heavy atom. The van der Waals surface area contributed by atoms with E-state index < -0.39 is 0 Å². The zero-order valence-electron chi connectivity index (χ0n) is 35.3. The number of nitrogens with zero attached hydrogens (tertiary/aromatic N) is 4. The fraction of sp³-hybridized carbons (Fsp3) is 0.0714. The summed E-state index contributed by atoms with van der Waals surface area (Å²) in [4.78, 5) is 0. The minimum atomic E-state index is 1.29. The highest BCUT2D eigenvalue weighted by Crippen LogP contribution is 2.47. The van der Waals surface area contributed by atoms with Gasteiger partial charge in [0.15, 0.2) is 0 Å². The molecule has 0 aliphatic heterocycles. The monoisotopic (exact) mass is 892 g/mol. The van der Waals surface area contributed by atoms with Crippen LogP contribution >= 0.6 is 45.3 Å². The molecule has 16 rings (SSSR count). The van der Waals surface area contributed by atoms with Crippen molar-refractivity contribution in [3.63, 3.8) is 0 Å². The van der Waals surface area contributed by atoms with Crippen molar-refractivity contribution in [2.24, 2.45) is 28.2 Å². The maximum absolute atomic E-state index is 2.40. The van der Waals surface area contributed by atoms with Crippen molar-refractivity contribution in [2.75, 3.05) is 0 Å². The number of aryl methyl sites for hydroxylation is 4. The molecule has 8 heterocycles. The molecule has 0 saturated carbocycles. The van der Waals surface area contributed by atoms with Gasteiger partial charge in [0, 0.05) is 103 Å². The van der Waals surface area contributed by atoms with Crippen molar-refractivity contribution in [2.45, 2.75) is 0 Å². The van der Waals surface area contributed by atoms with E-state index in [-0.39, 0.29) is 0 Å². The first-order chi connectivity index (χ1) is 31.3. The lowest BCUT2D eigenvalue weighted by Crippen LogP contribution is -1.89. The molecule has 8 aromatic heterocycles. The van der Waals surface area contributed by atoms with Gasteiger partial charge in [-0.2, -0.15) is 0 Å². The summed E-state index contributed by atoms with van der Waals surface area (Å²) >= 11 is 7.51. The van der Waals surface area contributed by atoms with Gasteiger partial charge in [0.25, 0.3) is 0 Å². The quantitative estimate of drug-likeness (QED) is 0.145. The molecule has 0 spiro atoms. The minimum Gasteiger partial charge on any atom is -0.351 e. The second kappa shape index (κ2) is 12.5. The van der Waals surface area contributed by atoms with Crippen LogP contribution in [0.3, 0.4) is 0 Å². The van der Waals surface area contributed by atoms with Crippen molar-refractivity contribution in [1.29, 1.82) is 0 Å². The predicted molar refractivity (Wildman–Crippen MR) is 285 cm³/mol. The van der Waals surface area contributed by atoms with Gasteiger partial charge < -0.3 is 18.3 Å². The molecule has 4 nitrogen and oxygen atoms in total. The summed E-state index contributed by atoms with van der Waals surface area (Å²) in [6.07, 6.45) is 4.29. The van der Waals surface area contributed by atoms with Crippen LogP contribution in [-0.4, -0.2) is 18.3 Å². The Morgan fingerprint density at radius 2 is 0.672 bits per heavy atom. The van der Waals surface area contributed by atoms with E-state index in [1.54, 1.807) is 0 Å². The highest BCUT2D eigenvalue weighted by molar-refractivity contribution is 7.36. The van der Waals surface area contributed by atoms with E-state index in [1.807, 2.05) is 45.3 Å². The summed E-state index contributed by atoms with van der Waals surface area (Å²) < 4.78 is 17.5.